The molecule has 0 amide bonds. The van der Waals surface area contributed by atoms with Crippen molar-refractivity contribution in [2.75, 3.05) is 19.6 Å². The molecule has 1 atom stereocenters. The van der Waals surface area contributed by atoms with Crippen LogP contribution in [-0.2, 0) is 0 Å². The van der Waals surface area contributed by atoms with E-state index in [1.54, 1.807) is 0 Å². The Morgan fingerprint density at radius 2 is 2.45 bits per heavy atom. The second-order valence-electron chi connectivity index (χ2n) is 3.46. The number of nitrogens with zero attached hydrogens (tertiary/aromatic N) is 2. The second-order valence-corrected chi connectivity index (χ2v) is 3.46. The molecule has 11 heavy (non-hydrogen) atoms. The molecule has 0 aromatic rings. The first-order valence-electron chi connectivity index (χ1n) is 4.42. The molecular weight excluding hydrogens is 136 g/mol. The molecule has 1 saturated heterocycles. The van der Waals surface area contributed by atoms with Crippen molar-refractivity contribution in [2.45, 2.75) is 26.2 Å². The highest BCUT2D eigenvalue weighted by Crippen LogP contribution is 2.14. The summed E-state index contributed by atoms with van der Waals surface area (Å²) >= 11 is 0. The largest absolute Gasteiger partial charge is 0.302 e. The van der Waals surface area contributed by atoms with Crippen LogP contribution in [0.5, 0.6) is 0 Å². The second kappa shape index (κ2) is 4.35. The van der Waals surface area contributed by atoms with Gasteiger partial charge in [-0.2, -0.15) is 5.26 Å². The van der Waals surface area contributed by atoms with Gasteiger partial charge in [-0.05, 0) is 25.3 Å². The first-order valence-corrected chi connectivity index (χ1v) is 4.42. The number of nitriles is 1. The van der Waals surface area contributed by atoms with Crippen molar-refractivity contribution in [1.82, 2.24) is 4.90 Å². The van der Waals surface area contributed by atoms with Gasteiger partial charge in [0, 0.05) is 19.5 Å². The van der Waals surface area contributed by atoms with E-state index in [0.29, 0.717) is 6.42 Å². The lowest BCUT2D eigenvalue weighted by molar-refractivity contribution is 0.187. The molecule has 0 aromatic heterocycles. The highest BCUT2D eigenvalue weighted by atomic mass is 15.1. The Labute approximate surface area is 68.8 Å². The van der Waals surface area contributed by atoms with Crippen LogP contribution in [-0.4, -0.2) is 24.5 Å². The summed E-state index contributed by atoms with van der Waals surface area (Å²) in [6.07, 6.45) is 3.36. The van der Waals surface area contributed by atoms with E-state index in [1.807, 2.05) is 0 Å². The van der Waals surface area contributed by atoms with Gasteiger partial charge in [0.2, 0.25) is 0 Å². The Balaban J connectivity index is 2.18. The minimum absolute atomic E-state index is 0.687. The third-order valence-electron chi connectivity index (χ3n) is 2.28. The minimum Gasteiger partial charge on any atom is -0.302 e. The fourth-order valence-electron chi connectivity index (χ4n) is 1.70. The van der Waals surface area contributed by atoms with Crippen LogP contribution < -0.4 is 0 Å². The van der Waals surface area contributed by atoms with E-state index in [4.69, 9.17) is 5.26 Å². The summed E-state index contributed by atoms with van der Waals surface area (Å²) in [7, 11) is 0. The molecule has 0 saturated carbocycles. The van der Waals surface area contributed by atoms with E-state index in [-0.39, 0.29) is 0 Å². The van der Waals surface area contributed by atoms with E-state index in [9.17, 15) is 0 Å². The zero-order chi connectivity index (χ0) is 8.10. The van der Waals surface area contributed by atoms with Gasteiger partial charge in [-0.1, -0.05) is 6.92 Å². The zero-order valence-corrected chi connectivity index (χ0v) is 7.21. The van der Waals surface area contributed by atoms with E-state index in [1.165, 1.54) is 25.9 Å². The highest BCUT2D eigenvalue weighted by molar-refractivity contribution is 4.75. The Morgan fingerprint density at radius 1 is 1.64 bits per heavy atom. The molecule has 1 unspecified atom stereocenters. The van der Waals surface area contributed by atoms with Crippen molar-refractivity contribution in [3.05, 3.63) is 0 Å². The molecule has 1 heterocycles. The Hall–Kier alpha value is -0.550. The number of likely N-dealkylation sites (tertiary alicyclic amines) is 1. The summed E-state index contributed by atoms with van der Waals surface area (Å²) in [5.41, 5.74) is 0. The first kappa shape index (κ1) is 8.55. The molecule has 0 aromatic carbocycles. The zero-order valence-electron chi connectivity index (χ0n) is 7.21. The molecule has 0 spiro atoms. The average Bonchev–Trinajstić information content (AvgIpc) is 2.01. The maximum absolute atomic E-state index is 8.39. The van der Waals surface area contributed by atoms with Gasteiger partial charge in [0.15, 0.2) is 0 Å². The smallest absolute Gasteiger partial charge is 0.0635 e. The predicted octanol–water partition coefficient (Wildman–Crippen LogP) is 1.63. The number of hydrogen-bond acceptors (Lipinski definition) is 2. The van der Waals surface area contributed by atoms with E-state index < -0.39 is 0 Å². The minimum atomic E-state index is 0.687. The lowest BCUT2D eigenvalue weighted by Gasteiger charge is -2.29. The summed E-state index contributed by atoms with van der Waals surface area (Å²) in [5.74, 6) is 0.836. The van der Waals surface area contributed by atoms with E-state index in [0.717, 1.165) is 12.5 Å². The lowest BCUT2D eigenvalue weighted by Crippen LogP contribution is -2.34. The fourth-order valence-corrected chi connectivity index (χ4v) is 1.70. The van der Waals surface area contributed by atoms with Gasteiger partial charge >= 0.3 is 0 Å². The van der Waals surface area contributed by atoms with Gasteiger partial charge in [-0.25, -0.2) is 0 Å². The molecule has 1 aliphatic rings. The van der Waals surface area contributed by atoms with Gasteiger partial charge < -0.3 is 4.90 Å². The topological polar surface area (TPSA) is 27.0 Å². The van der Waals surface area contributed by atoms with Crippen LogP contribution in [0.25, 0.3) is 0 Å². The van der Waals surface area contributed by atoms with Crippen molar-refractivity contribution < 1.29 is 0 Å². The summed E-state index contributed by atoms with van der Waals surface area (Å²) in [6.45, 7) is 5.66. The van der Waals surface area contributed by atoms with Gasteiger partial charge in [0.05, 0.1) is 6.07 Å². The standard InChI is InChI=1S/C9H16N2/c1-9-4-2-6-11(8-9)7-3-5-10/h9H,2-4,6-8H2,1H3. The van der Waals surface area contributed by atoms with E-state index >= 15 is 0 Å². The summed E-state index contributed by atoms with van der Waals surface area (Å²) in [6, 6.07) is 2.19. The molecule has 0 N–H and O–H groups in total. The molecule has 1 aliphatic heterocycles. The molecule has 62 valence electrons. The summed E-state index contributed by atoms with van der Waals surface area (Å²) < 4.78 is 0. The summed E-state index contributed by atoms with van der Waals surface area (Å²) in [4.78, 5) is 2.40. The van der Waals surface area contributed by atoms with Crippen molar-refractivity contribution in [1.29, 1.82) is 5.26 Å². The summed E-state index contributed by atoms with van der Waals surface area (Å²) in [5, 5.41) is 8.39. The highest BCUT2D eigenvalue weighted by Gasteiger charge is 2.14. The Kier molecular flexibility index (Phi) is 3.38. The van der Waals surface area contributed by atoms with Gasteiger partial charge in [0.1, 0.15) is 0 Å². The van der Waals surface area contributed by atoms with Crippen molar-refractivity contribution in [3.8, 4) is 6.07 Å². The molecular formula is C9H16N2. The molecule has 0 aliphatic carbocycles. The quantitative estimate of drug-likeness (QED) is 0.601. The number of piperidine rings is 1. The van der Waals surface area contributed by atoms with Crippen LogP contribution in [0.15, 0.2) is 0 Å². The maximum Gasteiger partial charge on any atom is 0.0635 e. The third-order valence-corrected chi connectivity index (χ3v) is 2.28. The third kappa shape index (κ3) is 2.90. The lowest BCUT2D eigenvalue weighted by atomic mass is 10.0. The van der Waals surface area contributed by atoms with Crippen LogP contribution in [0.4, 0.5) is 0 Å². The Morgan fingerprint density at radius 3 is 3.09 bits per heavy atom. The Bertz CT molecular complexity index is 148. The molecule has 1 fully saturated rings. The maximum atomic E-state index is 8.39. The number of rotatable bonds is 2. The number of hydrogen-bond donors (Lipinski definition) is 0. The van der Waals surface area contributed by atoms with Crippen molar-refractivity contribution >= 4 is 0 Å². The molecule has 0 bridgehead atoms. The molecule has 1 rings (SSSR count). The fraction of sp³-hybridized carbons (Fsp3) is 0.889. The van der Waals surface area contributed by atoms with Gasteiger partial charge in [0.25, 0.3) is 0 Å². The molecule has 2 heteroatoms. The average molecular weight is 152 g/mol. The molecule has 2 nitrogen and oxygen atoms in total. The van der Waals surface area contributed by atoms with Crippen molar-refractivity contribution in [2.24, 2.45) is 5.92 Å². The van der Waals surface area contributed by atoms with Crippen molar-refractivity contribution in [3.63, 3.8) is 0 Å². The SMILES string of the molecule is CC1CCCN(CCC#N)C1. The van der Waals surface area contributed by atoms with Crippen LogP contribution in [0.1, 0.15) is 26.2 Å². The van der Waals surface area contributed by atoms with Crippen LogP contribution >= 0.6 is 0 Å². The van der Waals surface area contributed by atoms with Crippen LogP contribution in [0.2, 0.25) is 0 Å². The monoisotopic (exact) mass is 152 g/mol. The normalized spacial score (nSPS) is 26.4. The van der Waals surface area contributed by atoms with Gasteiger partial charge in [-0.3, -0.25) is 0 Å². The van der Waals surface area contributed by atoms with Crippen LogP contribution in [0, 0.1) is 17.2 Å². The van der Waals surface area contributed by atoms with Crippen LogP contribution in [0.3, 0.4) is 0 Å². The van der Waals surface area contributed by atoms with Gasteiger partial charge in [-0.15, -0.1) is 0 Å². The van der Waals surface area contributed by atoms with E-state index in [2.05, 4.69) is 17.9 Å². The molecule has 0 radical (unpaired) electrons. The first-order chi connectivity index (χ1) is 5.33. The predicted molar refractivity (Wildman–Crippen MR) is 45.1 cm³/mol.